The minimum atomic E-state index is 0.303. The first kappa shape index (κ1) is 11.8. The number of carbonyl (C=O) groups is 1. The van der Waals surface area contributed by atoms with Crippen molar-refractivity contribution in [2.45, 2.75) is 39.0 Å². The Morgan fingerprint density at radius 2 is 2.07 bits per heavy atom. The second kappa shape index (κ2) is 6.23. The van der Waals surface area contributed by atoms with Gasteiger partial charge in [0.2, 0.25) is 0 Å². The number of unbranched alkanes of at least 4 members (excludes halogenated alkanes) is 3. The molecule has 0 unspecified atom stereocenters. The van der Waals surface area contributed by atoms with E-state index in [1.807, 2.05) is 0 Å². The third-order valence-corrected chi connectivity index (χ3v) is 2.54. The first-order valence-corrected chi connectivity index (χ1v) is 5.55. The zero-order chi connectivity index (χ0) is 11.1. The molecule has 0 aliphatic rings. The van der Waals surface area contributed by atoms with Crippen molar-refractivity contribution in [3.05, 3.63) is 29.3 Å². The average molecular weight is 206 g/mol. The van der Waals surface area contributed by atoms with Crippen LogP contribution in [0.1, 0.15) is 48.5 Å². The quantitative estimate of drug-likeness (QED) is 0.572. The number of phenolic OH excluding ortho intramolecular Hbond substituents is 1. The number of carbonyl (C=O) groups excluding carboxylic acids is 1. The molecule has 0 spiro atoms. The monoisotopic (exact) mass is 206 g/mol. The second-order valence-electron chi connectivity index (χ2n) is 3.82. The standard InChI is InChI=1S/C13H18O2/c1-2-3-4-5-6-12-9-11(10-14)7-8-13(12)15/h7-10,15H,2-6H2,1H3. The first-order valence-electron chi connectivity index (χ1n) is 5.55. The lowest BCUT2D eigenvalue weighted by Crippen LogP contribution is -1.89. The number of hydrogen-bond acceptors (Lipinski definition) is 2. The van der Waals surface area contributed by atoms with Crippen LogP contribution in [0, 0.1) is 0 Å². The summed E-state index contributed by atoms with van der Waals surface area (Å²) in [4.78, 5) is 10.6. The number of benzene rings is 1. The van der Waals surface area contributed by atoms with Gasteiger partial charge in [0, 0.05) is 5.56 Å². The van der Waals surface area contributed by atoms with E-state index in [4.69, 9.17) is 0 Å². The van der Waals surface area contributed by atoms with Gasteiger partial charge in [-0.25, -0.2) is 0 Å². The van der Waals surface area contributed by atoms with Gasteiger partial charge in [-0.05, 0) is 36.6 Å². The summed E-state index contributed by atoms with van der Waals surface area (Å²) < 4.78 is 0. The highest BCUT2D eigenvalue weighted by molar-refractivity contribution is 5.75. The van der Waals surface area contributed by atoms with Crippen molar-refractivity contribution >= 4 is 6.29 Å². The van der Waals surface area contributed by atoms with Crippen LogP contribution in [-0.2, 0) is 6.42 Å². The summed E-state index contributed by atoms with van der Waals surface area (Å²) in [6, 6.07) is 5.01. The summed E-state index contributed by atoms with van der Waals surface area (Å²) >= 11 is 0. The van der Waals surface area contributed by atoms with E-state index in [0.29, 0.717) is 11.3 Å². The average Bonchev–Trinajstić information content (AvgIpc) is 2.26. The van der Waals surface area contributed by atoms with Crippen LogP contribution in [0.15, 0.2) is 18.2 Å². The molecule has 0 heterocycles. The predicted molar refractivity (Wildman–Crippen MR) is 61.3 cm³/mol. The zero-order valence-corrected chi connectivity index (χ0v) is 9.20. The van der Waals surface area contributed by atoms with Gasteiger partial charge in [-0.1, -0.05) is 26.2 Å². The summed E-state index contributed by atoms with van der Waals surface area (Å²) in [5, 5.41) is 9.57. The molecule has 0 saturated carbocycles. The lowest BCUT2D eigenvalue weighted by molar-refractivity contribution is 0.112. The minimum absolute atomic E-state index is 0.303. The van der Waals surface area contributed by atoms with E-state index >= 15 is 0 Å². The molecule has 1 aromatic rings. The Morgan fingerprint density at radius 3 is 2.73 bits per heavy atom. The molecule has 1 aromatic carbocycles. The minimum Gasteiger partial charge on any atom is -0.508 e. The summed E-state index contributed by atoms with van der Waals surface area (Å²) in [6.45, 7) is 2.17. The van der Waals surface area contributed by atoms with Gasteiger partial charge in [0.05, 0.1) is 0 Å². The Morgan fingerprint density at radius 1 is 1.27 bits per heavy atom. The third-order valence-electron chi connectivity index (χ3n) is 2.54. The molecule has 0 radical (unpaired) electrons. The number of aromatic hydroxyl groups is 1. The lowest BCUT2D eigenvalue weighted by Gasteiger charge is -2.04. The molecule has 0 aromatic heterocycles. The summed E-state index contributed by atoms with van der Waals surface area (Å²) in [5.41, 5.74) is 1.52. The van der Waals surface area contributed by atoms with E-state index in [-0.39, 0.29) is 0 Å². The van der Waals surface area contributed by atoms with Crippen molar-refractivity contribution in [3.63, 3.8) is 0 Å². The van der Waals surface area contributed by atoms with Crippen LogP contribution in [-0.4, -0.2) is 11.4 Å². The van der Waals surface area contributed by atoms with Gasteiger partial charge in [0.15, 0.2) is 0 Å². The smallest absolute Gasteiger partial charge is 0.150 e. The first-order chi connectivity index (χ1) is 7.27. The lowest BCUT2D eigenvalue weighted by atomic mass is 10.0. The van der Waals surface area contributed by atoms with Gasteiger partial charge in [0.1, 0.15) is 12.0 Å². The Bertz CT molecular complexity index is 318. The van der Waals surface area contributed by atoms with Crippen molar-refractivity contribution in [2.24, 2.45) is 0 Å². The Balaban J connectivity index is 2.55. The van der Waals surface area contributed by atoms with Crippen molar-refractivity contribution < 1.29 is 9.90 Å². The molecule has 0 fully saturated rings. The van der Waals surface area contributed by atoms with E-state index in [1.54, 1.807) is 18.2 Å². The summed E-state index contributed by atoms with van der Waals surface area (Å²) in [5.74, 6) is 0.303. The topological polar surface area (TPSA) is 37.3 Å². The molecule has 0 amide bonds. The number of rotatable bonds is 6. The molecule has 0 saturated heterocycles. The summed E-state index contributed by atoms with van der Waals surface area (Å²) in [7, 11) is 0. The molecular formula is C13H18O2. The highest BCUT2D eigenvalue weighted by atomic mass is 16.3. The number of aldehydes is 1. The second-order valence-corrected chi connectivity index (χ2v) is 3.82. The van der Waals surface area contributed by atoms with Gasteiger partial charge in [-0.3, -0.25) is 4.79 Å². The normalized spacial score (nSPS) is 10.2. The highest BCUT2D eigenvalue weighted by Crippen LogP contribution is 2.20. The van der Waals surface area contributed by atoms with Crippen molar-refractivity contribution in [2.75, 3.05) is 0 Å². The SMILES string of the molecule is CCCCCCc1cc(C=O)ccc1O. The van der Waals surface area contributed by atoms with Crippen molar-refractivity contribution in [1.29, 1.82) is 0 Å². The molecule has 0 aliphatic carbocycles. The van der Waals surface area contributed by atoms with Gasteiger partial charge in [-0.2, -0.15) is 0 Å². The fourth-order valence-electron chi connectivity index (χ4n) is 1.62. The zero-order valence-electron chi connectivity index (χ0n) is 9.20. The molecule has 0 aliphatic heterocycles. The molecular weight excluding hydrogens is 188 g/mol. The molecule has 0 atom stereocenters. The number of phenols is 1. The largest absolute Gasteiger partial charge is 0.508 e. The molecule has 1 N–H and O–H groups in total. The van der Waals surface area contributed by atoms with E-state index in [0.717, 1.165) is 24.7 Å². The van der Waals surface area contributed by atoms with Crippen LogP contribution in [0.25, 0.3) is 0 Å². The molecule has 15 heavy (non-hydrogen) atoms. The van der Waals surface area contributed by atoms with Crippen molar-refractivity contribution in [3.8, 4) is 5.75 Å². The van der Waals surface area contributed by atoms with Crippen LogP contribution in [0.3, 0.4) is 0 Å². The van der Waals surface area contributed by atoms with Crippen LogP contribution in [0.5, 0.6) is 5.75 Å². The Kier molecular flexibility index (Phi) is 4.88. The van der Waals surface area contributed by atoms with Gasteiger partial charge >= 0.3 is 0 Å². The predicted octanol–water partition coefficient (Wildman–Crippen LogP) is 3.33. The maximum atomic E-state index is 10.6. The van der Waals surface area contributed by atoms with E-state index in [9.17, 15) is 9.90 Å². The van der Waals surface area contributed by atoms with Crippen LogP contribution < -0.4 is 0 Å². The molecule has 2 nitrogen and oxygen atoms in total. The molecule has 82 valence electrons. The fraction of sp³-hybridized carbons (Fsp3) is 0.462. The van der Waals surface area contributed by atoms with Gasteiger partial charge in [-0.15, -0.1) is 0 Å². The van der Waals surface area contributed by atoms with E-state index in [2.05, 4.69) is 6.92 Å². The third kappa shape index (κ3) is 3.74. The fourth-order valence-corrected chi connectivity index (χ4v) is 1.62. The maximum Gasteiger partial charge on any atom is 0.150 e. The van der Waals surface area contributed by atoms with Crippen LogP contribution >= 0.6 is 0 Å². The number of aryl methyl sites for hydroxylation is 1. The van der Waals surface area contributed by atoms with Gasteiger partial charge < -0.3 is 5.11 Å². The molecule has 2 heteroatoms. The Labute approximate surface area is 90.9 Å². The van der Waals surface area contributed by atoms with E-state index < -0.39 is 0 Å². The van der Waals surface area contributed by atoms with Crippen LogP contribution in [0.2, 0.25) is 0 Å². The Hall–Kier alpha value is -1.31. The molecule has 0 bridgehead atoms. The van der Waals surface area contributed by atoms with Gasteiger partial charge in [0.25, 0.3) is 0 Å². The number of hydrogen-bond donors (Lipinski definition) is 1. The molecule has 1 rings (SSSR count). The highest BCUT2D eigenvalue weighted by Gasteiger charge is 2.02. The summed E-state index contributed by atoms with van der Waals surface area (Å²) in [6.07, 6.45) is 6.36. The van der Waals surface area contributed by atoms with E-state index in [1.165, 1.54) is 19.3 Å². The van der Waals surface area contributed by atoms with Crippen molar-refractivity contribution in [1.82, 2.24) is 0 Å². The maximum absolute atomic E-state index is 10.6. The van der Waals surface area contributed by atoms with Crippen LogP contribution in [0.4, 0.5) is 0 Å².